The highest BCUT2D eigenvalue weighted by Gasteiger charge is 2.47. The van der Waals surface area contributed by atoms with Crippen molar-refractivity contribution in [3.63, 3.8) is 0 Å². The lowest BCUT2D eigenvalue weighted by molar-refractivity contribution is -0.286. The number of hydrogen-bond acceptors (Lipinski definition) is 5. The third-order valence-corrected chi connectivity index (χ3v) is 4.60. The number of benzene rings is 1. The zero-order valence-corrected chi connectivity index (χ0v) is 15.9. The summed E-state index contributed by atoms with van der Waals surface area (Å²) in [4.78, 5) is 26.9. The molecule has 2 amide bonds. The van der Waals surface area contributed by atoms with Crippen LogP contribution in [0.4, 0.5) is 22.0 Å². The van der Waals surface area contributed by atoms with Crippen molar-refractivity contribution in [2.75, 3.05) is 39.4 Å². The molecule has 0 aliphatic carbocycles. The van der Waals surface area contributed by atoms with E-state index in [0.717, 1.165) is 17.0 Å². The van der Waals surface area contributed by atoms with Crippen molar-refractivity contribution in [1.29, 1.82) is 0 Å². The summed E-state index contributed by atoms with van der Waals surface area (Å²) in [5.74, 6) is -7.35. The molecule has 3 rings (SSSR count). The van der Waals surface area contributed by atoms with E-state index in [1.165, 1.54) is 17.0 Å². The topological polar surface area (TPSA) is 68.3 Å². The Labute approximate surface area is 168 Å². The standard InChI is InChI=1S/C18H19F5N2O5/c1-16(19,20)15(27)25-7-9-29-17(11-25)10-24(6-8-28-17)14(26)12-2-4-13(5-3-12)30-18(21,22)23/h2-5H,6-11H2,1H3. The average molecular weight is 438 g/mol. The summed E-state index contributed by atoms with van der Waals surface area (Å²) in [7, 11) is 0. The normalized spacial score (nSPS) is 22.9. The highest BCUT2D eigenvalue weighted by molar-refractivity contribution is 5.94. The third-order valence-electron chi connectivity index (χ3n) is 4.60. The predicted molar refractivity (Wildman–Crippen MR) is 90.9 cm³/mol. The number of carbonyl (C=O) groups excluding carboxylic acids is 2. The predicted octanol–water partition coefficient (Wildman–Crippen LogP) is 2.27. The van der Waals surface area contributed by atoms with Gasteiger partial charge in [0.2, 0.25) is 5.79 Å². The molecule has 1 aromatic carbocycles. The summed E-state index contributed by atoms with van der Waals surface area (Å²) < 4.78 is 78.5. The Hall–Kier alpha value is -2.47. The Morgan fingerprint density at radius 1 is 0.967 bits per heavy atom. The average Bonchev–Trinajstić information content (AvgIpc) is 2.65. The molecule has 1 atom stereocenters. The van der Waals surface area contributed by atoms with E-state index in [1.807, 2.05) is 0 Å². The van der Waals surface area contributed by atoms with Crippen LogP contribution < -0.4 is 4.74 Å². The van der Waals surface area contributed by atoms with E-state index in [1.54, 1.807) is 0 Å². The highest BCUT2D eigenvalue weighted by Crippen LogP contribution is 2.28. The minimum absolute atomic E-state index is 0.0333. The van der Waals surface area contributed by atoms with E-state index in [4.69, 9.17) is 9.47 Å². The lowest BCUT2D eigenvalue weighted by atomic mass is 10.1. The van der Waals surface area contributed by atoms with Gasteiger partial charge in [-0.25, -0.2) is 0 Å². The van der Waals surface area contributed by atoms with Crippen LogP contribution in [0.2, 0.25) is 0 Å². The lowest BCUT2D eigenvalue weighted by Crippen LogP contribution is -2.64. The van der Waals surface area contributed by atoms with Gasteiger partial charge in [0, 0.05) is 25.6 Å². The van der Waals surface area contributed by atoms with Crippen LogP contribution in [0.3, 0.4) is 0 Å². The number of morpholine rings is 2. The molecule has 0 aromatic heterocycles. The van der Waals surface area contributed by atoms with Gasteiger partial charge < -0.3 is 24.0 Å². The van der Waals surface area contributed by atoms with Gasteiger partial charge >= 0.3 is 12.3 Å². The van der Waals surface area contributed by atoms with Crippen LogP contribution in [0.25, 0.3) is 0 Å². The molecule has 1 unspecified atom stereocenters. The van der Waals surface area contributed by atoms with Crippen molar-refractivity contribution in [3.05, 3.63) is 29.8 Å². The number of hydrogen-bond donors (Lipinski definition) is 0. The monoisotopic (exact) mass is 438 g/mol. The Balaban J connectivity index is 1.69. The Kier molecular flexibility index (Phi) is 5.92. The smallest absolute Gasteiger partial charge is 0.406 e. The van der Waals surface area contributed by atoms with Crippen LogP contribution in [0.1, 0.15) is 17.3 Å². The van der Waals surface area contributed by atoms with Gasteiger partial charge in [0.15, 0.2) is 0 Å². The molecule has 0 saturated carbocycles. The second-order valence-corrected chi connectivity index (χ2v) is 7.02. The molecule has 0 bridgehead atoms. The van der Waals surface area contributed by atoms with E-state index >= 15 is 0 Å². The first-order valence-electron chi connectivity index (χ1n) is 8.99. The molecule has 30 heavy (non-hydrogen) atoms. The maximum Gasteiger partial charge on any atom is 0.573 e. The molecule has 12 heteroatoms. The van der Waals surface area contributed by atoms with Gasteiger partial charge in [-0.2, -0.15) is 8.78 Å². The van der Waals surface area contributed by atoms with Gasteiger partial charge in [0.05, 0.1) is 26.3 Å². The molecule has 2 heterocycles. The quantitative estimate of drug-likeness (QED) is 0.678. The zero-order valence-electron chi connectivity index (χ0n) is 15.9. The first-order chi connectivity index (χ1) is 13.9. The van der Waals surface area contributed by atoms with Gasteiger partial charge in [-0.05, 0) is 24.3 Å². The van der Waals surface area contributed by atoms with Crippen molar-refractivity contribution in [3.8, 4) is 5.75 Å². The van der Waals surface area contributed by atoms with Crippen molar-refractivity contribution in [1.82, 2.24) is 9.80 Å². The van der Waals surface area contributed by atoms with Crippen molar-refractivity contribution in [2.24, 2.45) is 0 Å². The largest absolute Gasteiger partial charge is 0.573 e. The minimum atomic E-state index is -4.85. The third kappa shape index (κ3) is 5.17. The number of carbonyl (C=O) groups is 2. The summed E-state index contributed by atoms with van der Waals surface area (Å²) in [6, 6.07) is 4.39. The number of amides is 2. The van der Waals surface area contributed by atoms with Crippen LogP contribution in [-0.4, -0.2) is 79.1 Å². The molecule has 1 aromatic rings. The van der Waals surface area contributed by atoms with E-state index in [9.17, 15) is 31.5 Å². The van der Waals surface area contributed by atoms with Crippen molar-refractivity contribution < 1.29 is 45.8 Å². The van der Waals surface area contributed by atoms with E-state index in [-0.39, 0.29) is 45.0 Å². The van der Waals surface area contributed by atoms with Crippen molar-refractivity contribution in [2.45, 2.75) is 25.0 Å². The molecule has 2 aliphatic heterocycles. The Morgan fingerprint density at radius 3 is 2.03 bits per heavy atom. The molecule has 7 nitrogen and oxygen atoms in total. The first kappa shape index (κ1) is 22.2. The van der Waals surface area contributed by atoms with Crippen LogP contribution >= 0.6 is 0 Å². The number of rotatable bonds is 3. The fourth-order valence-electron chi connectivity index (χ4n) is 3.30. The minimum Gasteiger partial charge on any atom is -0.406 e. The molecule has 0 N–H and O–H groups in total. The van der Waals surface area contributed by atoms with Crippen LogP contribution in [0.15, 0.2) is 24.3 Å². The fourth-order valence-corrected chi connectivity index (χ4v) is 3.30. The lowest BCUT2D eigenvalue weighted by Gasteiger charge is -2.47. The maximum absolute atomic E-state index is 13.4. The summed E-state index contributed by atoms with van der Waals surface area (Å²) in [5, 5.41) is 0. The molecule has 2 aliphatic rings. The van der Waals surface area contributed by atoms with Crippen LogP contribution in [-0.2, 0) is 14.3 Å². The molecule has 1 spiro atoms. The Bertz CT molecular complexity index is 792. The summed E-state index contributed by atoms with van der Waals surface area (Å²) in [6.45, 7) is 0.188. The van der Waals surface area contributed by atoms with Gasteiger partial charge in [-0.1, -0.05) is 0 Å². The van der Waals surface area contributed by atoms with Gasteiger partial charge in [0.25, 0.3) is 11.8 Å². The SMILES string of the molecule is CC(F)(F)C(=O)N1CCOC2(CN(C(=O)c3ccc(OC(F)(F)F)cc3)CCO2)C1. The fraction of sp³-hybridized carbons (Fsp3) is 0.556. The van der Waals surface area contributed by atoms with Gasteiger partial charge in [-0.15, -0.1) is 13.2 Å². The zero-order chi connectivity index (χ0) is 22.2. The molecular weight excluding hydrogens is 419 g/mol. The molecule has 166 valence electrons. The van der Waals surface area contributed by atoms with E-state index in [0.29, 0.717) is 6.92 Å². The number of halogens is 5. The Morgan fingerprint density at radius 2 is 1.50 bits per heavy atom. The summed E-state index contributed by atoms with van der Waals surface area (Å²) >= 11 is 0. The molecule has 2 saturated heterocycles. The number of ether oxygens (including phenoxy) is 3. The summed E-state index contributed by atoms with van der Waals surface area (Å²) in [6.07, 6.45) is -4.85. The highest BCUT2D eigenvalue weighted by atomic mass is 19.4. The molecular formula is C18H19F5N2O5. The number of alkyl halides is 5. The molecule has 0 radical (unpaired) electrons. The van der Waals surface area contributed by atoms with Crippen LogP contribution in [0, 0.1) is 0 Å². The van der Waals surface area contributed by atoms with Crippen LogP contribution in [0.5, 0.6) is 5.75 Å². The second kappa shape index (κ2) is 7.99. The van der Waals surface area contributed by atoms with Crippen molar-refractivity contribution >= 4 is 11.8 Å². The van der Waals surface area contributed by atoms with Gasteiger partial charge in [-0.3, -0.25) is 9.59 Å². The first-order valence-corrected chi connectivity index (χ1v) is 8.99. The van der Waals surface area contributed by atoms with Gasteiger partial charge in [0.1, 0.15) is 5.75 Å². The summed E-state index contributed by atoms with van der Waals surface area (Å²) in [5.41, 5.74) is 0.102. The van der Waals surface area contributed by atoms with E-state index < -0.39 is 35.6 Å². The molecule has 2 fully saturated rings. The second-order valence-electron chi connectivity index (χ2n) is 7.02. The number of nitrogens with zero attached hydrogens (tertiary/aromatic N) is 2. The van der Waals surface area contributed by atoms with E-state index in [2.05, 4.69) is 4.74 Å². The maximum atomic E-state index is 13.4.